The van der Waals surface area contributed by atoms with Crippen LogP contribution in [0.4, 0.5) is 5.69 Å². The summed E-state index contributed by atoms with van der Waals surface area (Å²) in [6.07, 6.45) is 2.24. The van der Waals surface area contributed by atoms with E-state index in [-0.39, 0.29) is 12.3 Å². The first-order chi connectivity index (χ1) is 14.2. The summed E-state index contributed by atoms with van der Waals surface area (Å²) < 4.78 is 5.50. The molecule has 1 amide bonds. The van der Waals surface area contributed by atoms with Gasteiger partial charge in [-0.2, -0.15) is 5.26 Å². The van der Waals surface area contributed by atoms with Gasteiger partial charge < -0.3 is 9.64 Å². The number of thiophene rings is 1. The van der Waals surface area contributed by atoms with Gasteiger partial charge in [0, 0.05) is 17.1 Å². The number of rotatable bonds is 6. The number of carbonyl (C=O) groups excluding carboxylic acids is 1. The van der Waals surface area contributed by atoms with Crippen molar-refractivity contribution in [3.8, 4) is 22.3 Å². The quantitative estimate of drug-likeness (QED) is 0.549. The molecule has 0 N–H and O–H groups in total. The van der Waals surface area contributed by atoms with E-state index in [0.29, 0.717) is 13.2 Å². The zero-order chi connectivity index (χ0) is 20.2. The molecule has 0 bridgehead atoms. The molecule has 0 saturated carbocycles. The van der Waals surface area contributed by atoms with Crippen molar-refractivity contribution in [1.82, 2.24) is 0 Å². The van der Waals surface area contributed by atoms with Gasteiger partial charge in [0.1, 0.15) is 5.75 Å². The highest BCUT2D eigenvalue weighted by molar-refractivity contribution is 7.17. The number of fused-ring (bicyclic) bond motifs is 3. The van der Waals surface area contributed by atoms with Crippen molar-refractivity contribution in [2.24, 2.45) is 0 Å². The smallest absolute Gasteiger partial charge is 0.268 e. The summed E-state index contributed by atoms with van der Waals surface area (Å²) >= 11 is 1.56. The van der Waals surface area contributed by atoms with Crippen molar-refractivity contribution < 1.29 is 9.53 Å². The van der Waals surface area contributed by atoms with E-state index in [1.165, 1.54) is 21.6 Å². The molecule has 0 unspecified atom stereocenters. The first-order valence-electron chi connectivity index (χ1n) is 9.84. The molecular weight excluding hydrogens is 380 g/mol. The molecule has 146 valence electrons. The fraction of sp³-hybridized carbons (Fsp3) is 0.250. The standard InChI is InChI=1S/C24H22N2O2S/c1-2-28-20-12-10-19(11-13-20)26(15-5-14-25)24(27)22-16-18-9-8-17-6-3-4-7-21(17)23(18)29-22/h3-4,6-7,10-13,16H,2,5,8-9,15H2,1H3. The maximum absolute atomic E-state index is 13.4. The van der Waals surface area contributed by atoms with Gasteiger partial charge in [-0.05, 0) is 66.8 Å². The highest BCUT2D eigenvalue weighted by atomic mass is 32.1. The summed E-state index contributed by atoms with van der Waals surface area (Å²) in [5, 5.41) is 9.06. The molecule has 1 heterocycles. The van der Waals surface area contributed by atoms with Crippen LogP contribution in [0, 0.1) is 11.3 Å². The topological polar surface area (TPSA) is 53.3 Å². The second-order valence-electron chi connectivity index (χ2n) is 6.91. The number of nitrogens with zero attached hydrogens (tertiary/aromatic N) is 2. The van der Waals surface area contributed by atoms with Crippen molar-refractivity contribution in [2.75, 3.05) is 18.1 Å². The average molecular weight is 403 g/mol. The monoisotopic (exact) mass is 402 g/mol. The van der Waals surface area contributed by atoms with Gasteiger partial charge in [-0.25, -0.2) is 0 Å². The van der Waals surface area contributed by atoms with Gasteiger partial charge in [0.05, 0.1) is 24.0 Å². The van der Waals surface area contributed by atoms with Crippen LogP contribution in [0.1, 0.15) is 34.1 Å². The molecule has 0 atom stereocenters. The number of ether oxygens (including phenoxy) is 1. The van der Waals surface area contributed by atoms with E-state index in [2.05, 4.69) is 24.3 Å². The lowest BCUT2D eigenvalue weighted by Crippen LogP contribution is -2.31. The van der Waals surface area contributed by atoms with E-state index in [1.54, 1.807) is 16.2 Å². The van der Waals surface area contributed by atoms with Crippen LogP contribution >= 0.6 is 11.3 Å². The number of nitriles is 1. The molecule has 0 fully saturated rings. The minimum absolute atomic E-state index is 0.0544. The second-order valence-corrected chi connectivity index (χ2v) is 7.97. The zero-order valence-electron chi connectivity index (χ0n) is 16.4. The highest BCUT2D eigenvalue weighted by Crippen LogP contribution is 2.40. The number of aryl methyl sites for hydroxylation is 2. The van der Waals surface area contributed by atoms with Crippen LogP contribution in [0.5, 0.6) is 5.75 Å². The van der Waals surface area contributed by atoms with Crippen molar-refractivity contribution in [2.45, 2.75) is 26.2 Å². The summed E-state index contributed by atoms with van der Waals surface area (Å²) in [5.74, 6) is 0.716. The minimum Gasteiger partial charge on any atom is -0.494 e. The van der Waals surface area contributed by atoms with Crippen molar-refractivity contribution in [3.05, 3.63) is 70.6 Å². The molecule has 0 radical (unpaired) electrons. The summed E-state index contributed by atoms with van der Waals surface area (Å²) in [6, 6.07) is 20.1. The van der Waals surface area contributed by atoms with Crippen LogP contribution in [-0.4, -0.2) is 19.1 Å². The van der Waals surface area contributed by atoms with Crippen LogP contribution in [0.25, 0.3) is 10.4 Å². The lowest BCUT2D eigenvalue weighted by atomic mass is 9.91. The van der Waals surface area contributed by atoms with Crippen molar-refractivity contribution >= 4 is 22.9 Å². The Morgan fingerprint density at radius 1 is 1.14 bits per heavy atom. The van der Waals surface area contributed by atoms with Gasteiger partial charge in [0.2, 0.25) is 0 Å². The Balaban J connectivity index is 1.65. The van der Waals surface area contributed by atoms with Crippen LogP contribution in [0.3, 0.4) is 0 Å². The molecule has 3 aromatic rings. The third-order valence-electron chi connectivity index (χ3n) is 5.10. The molecule has 0 aliphatic heterocycles. The van der Waals surface area contributed by atoms with E-state index in [1.807, 2.05) is 43.3 Å². The highest BCUT2D eigenvalue weighted by Gasteiger charge is 2.24. The molecule has 4 rings (SSSR count). The van der Waals surface area contributed by atoms with Gasteiger partial charge in [0.25, 0.3) is 5.91 Å². The molecule has 1 aliphatic carbocycles. The molecule has 2 aromatic carbocycles. The predicted octanol–water partition coefficient (Wildman–Crippen LogP) is 5.47. The van der Waals surface area contributed by atoms with E-state index in [9.17, 15) is 4.79 Å². The van der Waals surface area contributed by atoms with Crippen molar-refractivity contribution in [3.63, 3.8) is 0 Å². The molecule has 1 aliphatic rings. The number of benzene rings is 2. The summed E-state index contributed by atoms with van der Waals surface area (Å²) in [6.45, 7) is 2.90. The minimum atomic E-state index is -0.0544. The number of hydrogen-bond donors (Lipinski definition) is 0. The molecule has 29 heavy (non-hydrogen) atoms. The first-order valence-corrected chi connectivity index (χ1v) is 10.7. The summed E-state index contributed by atoms with van der Waals surface area (Å²) in [7, 11) is 0. The molecule has 4 nitrogen and oxygen atoms in total. The van der Waals surface area contributed by atoms with E-state index < -0.39 is 0 Å². The third kappa shape index (κ3) is 3.90. The second kappa shape index (κ2) is 8.50. The fourth-order valence-corrected chi connectivity index (χ4v) is 4.93. The van der Waals surface area contributed by atoms with Crippen LogP contribution in [0.15, 0.2) is 54.6 Å². The molecule has 5 heteroatoms. The van der Waals surface area contributed by atoms with Gasteiger partial charge in [-0.1, -0.05) is 24.3 Å². The Kier molecular flexibility index (Phi) is 5.64. The maximum atomic E-state index is 13.4. The molecular formula is C24H22N2O2S. The number of amides is 1. The average Bonchev–Trinajstić information content (AvgIpc) is 3.20. The van der Waals surface area contributed by atoms with Crippen molar-refractivity contribution in [1.29, 1.82) is 5.26 Å². The van der Waals surface area contributed by atoms with E-state index in [4.69, 9.17) is 10.00 Å². The molecule has 0 saturated heterocycles. The molecule has 0 spiro atoms. The number of carbonyl (C=O) groups is 1. The van der Waals surface area contributed by atoms with Crippen LogP contribution in [-0.2, 0) is 12.8 Å². The SMILES string of the molecule is CCOc1ccc(N(CCC#N)C(=O)c2cc3c(s2)-c2ccccc2CC3)cc1. The number of hydrogen-bond acceptors (Lipinski definition) is 4. The van der Waals surface area contributed by atoms with E-state index in [0.717, 1.165) is 29.2 Å². The largest absolute Gasteiger partial charge is 0.494 e. The lowest BCUT2D eigenvalue weighted by Gasteiger charge is -2.21. The van der Waals surface area contributed by atoms with Crippen LogP contribution in [0.2, 0.25) is 0 Å². The van der Waals surface area contributed by atoms with Crippen LogP contribution < -0.4 is 9.64 Å². The normalized spacial score (nSPS) is 11.9. The van der Waals surface area contributed by atoms with Gasteiger partial charge >= 0.3 is 0 Å². The Hall–Kier alpha value is -3.10. The van der Waals surface area contributed by atoms with Gasteiger partial charge in [-0.3, -0.25) is 4.79 Å². The Morgan fingerprint density at radius 2 is 1.90 bits per heavy atom. The summed E-state index contributed by atoms with van der Waals surface area (Å²) in [4.78, 5) is 17.0. The van der Waals surface area contributed by atoms with E-state index >= 15 is 0 Å². The van der Waals surface area contributed by atoms with Gasteiger partial charge in [-0.15, -0.1) is 11.3 Å². The summed E-state index contributed by atoms with van der Waals surface area (Å²) in [5.41, 5.74) is 4.60. The predicted molar refractivity (Wildman–Crippen MR) is 117 cm³/mol. The Labute approximate surface area is 175 Å². The zero-order valence-corrected chi connectivity index (χ0v) is 17.2. The Bertz CT molecular complexity index is 1060. The lowest BCUT2D eigenvalue weighted by molar-refractivity contribution is 0.0991. The maximum Gasteiger partial charge on any atom is 0.268 e. The fourth-order valence-electron chi connectivity index (χ4n) is 3.71. The van der Waals surface area contributed by atoms with Gasteiger partial charge in [0.15, 0.2) is 0 Å². The first kappa shape index (κ1) is 19.2. The number of anilines is 1. The third-order valence-corrected chi connectivity index (χ3v) is 6.30. The Morgan fingerprint density at radius 3 is 2.66 bits per heavy atom. The molecule has 1 aromatic heterocycles.